The van der Waals surface area contributed by atoms with Crippen LogP contribution in [0.5, 0.6) is 0 Å². The topological polar surface area (TPSA) is 10.1 Å². The van der Waals surface area contributed by atoms with Gasteiger partial charge in [0.2, 0.25) is 5.03 Å². The summed E-state index contributed by atoms with van der Waals surface area (Å²) in [5.74, 6) is 1.10. The molecular weight excluding hydrogens is 398 g/mol. The molecule has 0 unspecified atom stereocenters. The van der Waals surface area contributed by atoms with Gasteiger partial charge in [-0.05, 0) is 72.6 Å². The van der Waals surface area contributed by atoms with E-state index in [0.717, 1.165) is 18.7 Å². The van der Waals surface area contributed by atoms with Gasteiger partial charge in [0.15, 0.2) is 18.9 Å². The van der Waals surface area contributed by atoms with E-state index in [1.54, 1.807) is 16.8 Å². The smallest absolute Gasteiger partial charge is 0.235 e. The van der Waals surface area contributed by atoms with Crippen LogP contribution >= 0.6 is 11.8 Å². The molecule has 31 heavy (non-hydrogen) atoms. The van der Waals surface area contributed by atoms with Crippen LogP contribution in [0.2, 0.25) is 0 Å². The van der Waals surface area contributed by atoms with E-state index in [4.69, 9.17) is 0 Å². The predicted molar refractivity (Wildman–Crippen MR) is 133 cm³/mol. The fourth-order valence-electron chi connectivity index (χ4n) is 4.97. The van der Waals surface area contributed by atoms with Crippen molar-refractivity contribution in [2.24, 2.45) is 0 Å². The highest BCUT2D eigenvalue weighted by Crippen LogP contribution is 2.36. The first-order valence-corrected chi connectivity index (χ1v) is 12.7. The summed E-state index contributed by atoms with van der Waals surface area (Å²) in [5, 5.41) is 1.39. The highest BCUT2D eigenvalue weighted by atomic mass is 32.2. The molecule has 4 heteroatoms. The van der Waals surface area contributed by atoms with Crippen molar-refractivity contribution in [1.29, 1.82) is 0 Å². The molecule has 3 aliphatic rings. The van der Waals surface area contributed by atoms with E-state index in [9.17, 15) is 0 Å². The van der Waals surface area contributed by atoms with Gasteiger partial charge in [-0.25, -0.2) is 4.57 Å². The minimum absolute atomic E-state index is 1.03. The zero-order valence-corrected chi connectivity index (χ0v) is 19.4. The van der Waals surface area contributed by atoms with Gasteiger partial charge in [0.25, 0.3) is 0 Å². The molecular formula is C27H33N3S+2. The van der Waals surface area contributed by atoms with Crippen molar-refractivity contribution >= 4 is 35.8 Å². The Labute approximate surface area is 190 Å². The minimum atomic E-state index is 1.03. The van der Waals surface area contributed by atoms with Gasteiger partial charge in [-0.15, -0.1) is 0 Å². The van der Waals surface area contributed by atoms with Gasteiger partial charge in [0, 0.05) is 37.3 Å². The number of aryl methyl sites for hydroxylation is 3. The van der Waals surface area contributed by atoms with Crippen molar-refractivity contribution in [1.82, 2.24) is 0 Å². The molecule has 5 rings (SSSR count). The van der Waals surface area contributed by atoms with Crippen molar-refractivity contribution in [3.05, 3.63) is 70.0 Å². The van der Waals surface area contributed by atoms with E-state index in [-0.39, 0.29) is 0 Å². The summed E-state index contributed by atoms with van der Waals surface area (Å²) in [5.41, 5.74) is 7.29. The van der Waals surface area contributed by atoms with Gasteiger partial charge in [-0.1, -0.05) is 23.9 Å². The summed E-state index contributed by atoms with van der Waals surface area (Å²) in [6.45, 7) is 3.51. The summed E-state index contributed by atoms with van der Waals surface area (Å²) in [6.07, 6.45) is 21.0. The SMILES string of the molecule is C[N+]1=CCCC=C1SCC[n+]1ccc(/C=C/c2cc3c4c(c2)CCCN4CCC3)cc1. The van der Waals surface area contributed by atoms with Crippen LogP contribution in [-0.4, -0.2) is 36.7 Å². The van der Waals surface area contributed by atoms with Crippen LogP contribution in [0.15, 0.2) is 47.8 Å². The summed E-state index contributed by atoms with van der Waals surface area (Å²) in [7, 11) is 2.15. The molecule has 0 aliphatic carbocycles. The lowest BCUT2D eigenvalue weighted by molar-refractivity contribution is -0.692. The van der Waals surface area contributed by atoms with Crippen LogP contribution in [0, 0.1) is 0 Å². The largest absolute Gasteiger partial charge is 0.371 e. The maximum Gasteiger partial charge on any atom is 0.235 e. The Morgan fingerprint density at radius 1 is 0.968 bits per heavy atom. The maximum absolute atomic E-state index is 2.61. The van der Waals surface area contributed by atoms with Crippen LogP contribution < -0.4 is 9.47 Å². The lowest BCUT2D eigenvalue weighted by Gasteiger charge is -2.37. The third-order valence-electron chi connectivity index (χ3n) is 6.58. The molecule has 2 aromatic rings. The van der Waals surface area contributed by atoms with Crippen molar-refractivity contribution in [2.45, 2.75) is 45.1 Å². The third kappa shape index (κ3) is 4.79. The number of thioether (sulfide) groups is 1. The summed E-state index contributed by atoms with van der Waals surface area (Å²) >= 11 is 1.95. The van der Waals surface area contributed by atoms with Crippen LogP contribution in [-0.2, 0) is 19.4 Å². The van der Waals surface area contributed by atoms with Crippen molar-refractivity contribution in [3.63, 3.8) is 0 Å². The first-order chi connectivity index (χ1) is 15.3. The van der Waals surface area contributed by atoms with Crippen LogP contribution in [0.25, 0.3) is 12.2 Å². The second-order valence-electron chi connectivity index (χ2n) is 8.85. The first-order valence-electron chi connectivity index (χ1n) is 11.7. The number of nitrogens with zero attached hydrogens (tertiary/aromatic N) is 3. The molecule has 1 aromatic heterocycles. The molecule has 0 fully saturated rings. The number of rotatable bonds is 6. The predicted octanol–water partition coefficient (Wildman–Crippen LogP) is 4.92. The van der Waals surface area contributed by atoms with Gasteiger partial charge in [0.1, 0.15) is 13.3 Å². The van der Waals surface area contributed by atoms with Gasteiger partial charge in [0.05, 0.1) is 5.75 Å². The molecule has 0 saturated heterocycles. The molecule has 0 amide bonds. The van der Waals surface area contributed by atoms with Crippen LogP contribution in [0.1, 0.15) is 47.9 Å². The first kappa shape index (κ1) is 20.6. The average molecular weight is 432 g/mol. The molecule has 3 nitrogen and oxygen atoms in total. The second-order valence-corrected chi connectivity index (χ2v) is 9.96. The zero-order valence-electron chi connectivity index (χ0n) is 18.6. The van der Waals surface area contributed by atoms with Crippen LogP contribution in [0.4, 0.5) is 5.69 Å². The Bertz CT molecular complexity index is 1000. The van der Waals surface area contributed by atoms with Gasteiger partial charge >= 0.3 is 0 Å². The molecule has 1 aromatic carbocycles. The average Bonchev–Trinajstić information content (AvgIpc) is 2.80. The molecule has 0 atom stereocenters. The van der Waals surface area contributed by atoms with Crippen molar-refractivity contribution in [2.75, 3.05) is 30.8 Å². The lowest BCUT2D eigenvalue weighted by Crippen LogP contribution is -2.34. The van der Waals surface area contributed by atoms with E-state index < -0.39 is 0 Å². The Kier molecular flexibility index (Phi) is 6.26. The van der Waals surface area contributed by atoms with Gasteiger partial charge in [-0.2, -0.15) is 4.58 Å². The maximum atomic E-state index is 2.61. The zero-order chi connectivity index (χ0) is 21.0. The Morgan fingerprint density at radius 3 is 2.39 bits per heavy atom. The fraction of sp³-hybridized carbons (Fsp3) is 0.407. The monoisotopic (exact) mass is 431 g/mol. The third-order valence-corrected chi connectivity index (χ3v) is 7.71. The van der Waals surface area contributed by atoms with Crippen molar-refractivity contribution in [3.8, 4) is 0 Å². The van der Waals surface area contributed by atoms with Crippen molar-refractivity contribution < 1.29 is 9.14 Å². The van der Waals surface area contributed by atoms with E-state index in [1.807, 2.05) is 11.8 Å². The van der Waals surface area contributed by atoms with Crippen LogP contribution in [0.3, 0.4) is 0 Å². The summed E-state index contributed by atoms with van der Waals surface area (Å²) in [6, 6.07) is 9.29. The number of pyridine rings is 1. The molecule has 0 radical (unpaired) electrons. The molecule has 0 saturated carbocycles. The Balaban J connectivity index is 1.21. The molecule has 3 aliphatic heterocycles. The van der Waals surface area contributed by atoms with E-state index in [0.29, 0.717) is 0 Å². The summed E-state index contributed by atoms with van der Waals surface area (Å²) in [4.78, 5) is 2.61. The minimum Gasteiger partial charge on any atom is -0.371 e. The standard InChI is InChI=1S/C27H33N3S/c1-28-13-3-2-8-26(28)31-19-18-29-16-11-22(12-17-29)9-10-23-20-24-6-4-14-30-15-5-7-25(21-23)27(24)30/h8-13,16-17,20-21H,2-7,14-15,18-19H2,1H3/q+2. The van der Waals surface area contributed by atoms with E-state index in [2.05, 4.69) is 82.2 Å². The molecule has 160 valence electrons. The molecule has 0 N–H and O–H groups in total. The van der Waals surface area contributed by atoms with E-state index >= 15 is 0 Å². The summed E-state index contributed by atoms with van der Waals surface area (Å²) < 4.78 is 4.55. The number of allylic oxidation sites excluding steroid dienone is 1. The highest BCUT2D eigenvalue weighted by Gasteiger charge is 2.23. The molecule has 0 bridgehead atoms. The lowest BCUT2D eigenvalue weighted by atomic mass is 9.90. The normalized spacial score (nSPS) is 18.0. The number of hydrogen-bond acceptors (Lipinski definition) is 2. The number of anilines is 1. The Morgan fingerprint density at radius 2 is 1.68 bits per heavy atom. The van der Waals surface area contributed by atoms with Gasteiger partial charge in [-0.3, -0.25) is 0 Å². The van der Waals surface area contributed by atoms with Gasteiger partial charge < -0.3 is 4.90 Å². The fourth-order valence-corrected chi connectivity index (χ4v) is 6.00. The number of aromatic nitrogens is 1. The molecule has 0 spiro atoms. The highest BCUT2D eigenvalue weighted by molar-refractivity contribution is 8.02. The molecule has 4 heterocycles. The number of hydrogen-bond donors (Lipinski definition) is 0. The second kappa shape index (κ2) is 9.44. The Hall–Kier alpha value is -2.33. The quantitative estimate of drug-likeness (QED) is 0.601. The van der Waals surface area contributed by atoms with E-state index in [1.165, 1.54) is 61.3 Å². The number of benzene rings is 1.